The highest BCUT2D eigenvalue weighted by Gasteiger charge is 2.21. The maximum absolute atomic E-state index is 8.76. The van der Waals surface area contributed by atoms with Crippen molar-refractivity contribution in [1.29, 1.82) is 0 Å². The van der Waals surface area contributed by atoms with E-state index in [2.05, 4.69) is 24.4 Å². The minimum atomic E-state index is -0.0895. The fraction of sp³-hybridized carbons (Fsp3) is 0.625. The summed E-state index contributed by atoms with van der Waals surface area (Å²) in [6, 6.07) is 8.13. The Morgan fingerprint density at radius 2 is 1.90 bits per heavy atom. The molecule has 0 saturated carbocycles. The Kier molecular flexibility index (Phi) is 7.59. The van der Waals surface area contributed by atoms with E-state index in [9.17, 15) is 0 Å². The normalized spacial score (nSPS) is 14.0. The second-order valence-corrected chi connectivity index (χ2v) is 5.50. The summed E-state index contributed by atoms with van der Waals surface area (Å²) in [5.41, 5.74) is 7.09. The number of nitrogens with one attached hydrogen (secondary N) is 1. The SMILES string of the molecule is COc1ccc(CC(C)(CN)NCCCCCO)cc1. The van der Waals surface area contributed by atoms with Crippen molar-refractivity contribution in [1.82, 2.24) is 5.32 Å². The Labute approximate surface area is 122 Å². The molecule has 1 rings (SSSR count). The minimum absolute atomic E-state index is 0.0895. The van der Waals surface area contributed by atoms with E-state index in [1.807, 2.05) is 12.1 Å². The maximum Gasteiger partial charge on any atom is 0.118 e. The van der Waals surface area contributed by atoms with Crippen LogP contribution in [0.1, 0.15) is 31.7 Å². The topological polar surface area (TPSA) is 67.5 Å². The van der Waals surface area contributed by atoms with Gasteiger partial charge in [0.1, 0.15) is 5.75 Å². The van der Waals surface area contributed by atoms with Gasteiger partial charge in [0.05, 0.1) is 7.11 Å². The Bertz CT molecular complexity index is 367. The molecule has 1 unspecified atom stereocenters. The molecular formula is C16H28N2O2. The molecule has 114 valence electrons. The van der Waals surface area contributed by atoms with Gasteiger partial charge in [-0.1, -0.05) is 12.1 Å². The summed E-state index contributed by atoms with van der Waals surface area (Å²) in [5.74, 6) is 0.875. The monoisotopic (exact) mass is 280 g/mol. The number of benzene rings is 1. The van der Waals surface area contributed by atoms with Gasteiger partial charge in [-0.3, -0.25) is 0 Å². The highest BCUT2D eigenvalue weighted by atomic mass is 16.5. The number of hydrogen-bond acceptors (Lipinski definition) is 4. The Balaban J connectivity index is 2.46. The van der Waals surface area contributed by atoms with Gasteiger partial charge in [0, 0.05) is 18.7 Å². The molecule has 0 saturated heterocycles. The first kappa shape index (κ1) is 17.0. The van der Waals surface area contributed by atoms with Gasteiger partial charge < -0.3 is 20.9 Å². The van der Waals surface area contributed by atoms with E-state index >= 15 is 0 Å². The number of nitrogens with two attached hydrogens (primary N) is 1. The van der Waals surface area contributed by atoms with Crippen molar-refractivity contribution in [3.05, 3.63) is 29.8 Å². The molecule has 0 bridgehead atoms. The molecule has 0 amide bonds. The van der Waals surface area contributed by atoms with Crippen molar-refractivity contribution in [2.45, 2.75) is 38.1 Å². The average molecular weight is 280 g/mol. The van der Waals surface area contributed by atoms with E-state index < -0.39 is 0 Å². The lowest BCUT2D eigenvalue weighted by Gasteiger charge is -2.30. The van der Waals surface area contributed by atoms with E-state index in [1.54, 1.807) is 7.11 Å². The third-order valence-electron chi connectivity index (χ3n) is 3.59. The molecule has 1 atom stereocenters. The fourth-order valence-electron chi connectivity index (χ4n) is 2.20. The number of aliphatic hydroxyl groups is 1. The van der Waals surface area contributed by atoms with E-state index in [1.165, 1.54) is 5.56 Å². The molecule has 4 heteroatoms. The first-order chi connectivity index (χ1) is 9.63. The van der Waals surface area contributed by atoms with Gasteiger partial charge in [-0.05, 0) is 56.8 Å². The number of ether oxygens (including phenoxy) is 1. The largest absolute Gasteiger partial charge is 0.497 e. The summed E-state index contributed by atoms with van der Waals surface area (Å²) in [4.78, 5) is 0. The highest BCUT2D eigenvalue weighted by Crippen LogP contribution is 2.16. The summed E-state index contributed by atoms with van der Waals surface area (Å²) in [6.45, 7) is 3.96. The van der Waals surface area contributed by atoms with Gasteiger partial charge >= 0.3 is 0 Å². The van der Waals surface area contributed by atoms with Crippen LogP contribution in [0.5, 0.6) is 5.75 Å². The smallest absolute Gasteiger partial charge is 0.118 e. The van der Waals surface area contributed by atoms with E-state index in [0.29, 0.717) is 6.54 Å². The van der Waals surface area contributed by atoms with E-state index in [4.69, 9.17) is 15.6 Å². The molecular weight excluding hydrogens is 252 g/mol. The van der Waals surface area contributed by atoms with Gasteiger partial charge in [-0.2, -0.15) is 0 Å². The molecule has 4 N–H and O–H groups in total. The third kappa shape index (κ3) is 5.90. The van der Waals surface area contributed by atoms with Gasteiger partial charge in [0.25, 0.3) is 0 Å². The highest BCUT2D eigenvalue weighted by molar-refractivity contribution is 5.28. The lowest BCUT2D eigenvalue weighted by Crippen LogP contribution is -2.50. The maximum atomic E-state index is 8.76. The van der Waals surface area contributed by atoms with Crippen LogP contribution >= 0.6 is 0 Å². The van der Waals surface area contributed by atoms with Crippen LogP contribution in [0, 0.1) is 0 Å². The molecule has 0 aliphatic carbocycles. The molecule has 1 aromatic carbocycles. The quantitative estimate of drug-likeness (QED) is 0.571. The zero-order chi connectivity index (χ0) is 14.8. The number of hydrogen-bond donors (Lipinski definition) is 3. The second-order valence-electron chi connectivity index (χ2n) is 5.50. The van der Waals surface area contributed by atoms with Crippen molar-refractivity contribution >= 4 is 0 Å². The third-order valence-corrected chi connectivity index (χ3v) is 3.59. The molecule has 0 heterocycles. The number of aliphatic hydroxyl groups excluding tert-OH is 1. The Hall–Kier alpha value is -1.10. The summed E-state index contributed by atoms with van der Waals surface area (Å²) in [5, 5.41) is 12.3. The van der Waals surface area contributed by atoms with Crippen LogP contribution in [0.3, 0.4) is 0 Å². The molecule has 0 spiro atoms. The average Bonchev–Trinajstić information content (AvgIpc) is 2.48. The van der Waals surface area contributed by atoms with E-state index in [0.717, 1.165) is 38.0 Å². The van der Waals surface area contributed by atoms with Crippen molar-refractivity contribution in [3.8, 4) is 5.75 Å². The van der Waals surface area contributed by atoms with Crippen LogP contribution in [0.4, 0.5) is 0 Å². The lowest BCUT2D eigenvalue weighted by atomic mass is 9.92. The molecule has 0 aromatic heterocycles. The molecule has 0 fully saturated rings. The van der Waals surface area contributed by atoms with Gasteiger partial charge in [0.15, 0.2) is 0 Å². The number of unbranched alkanes of at least 4 members (excludes halogenated alkanes) is 2. The van der Waals surface area contributed by atoms with Crippen LogP contribution in [-0.2, 0) is 6.42 Å². The van der Waals surface area contributed by atoms with Crippen LogP contribution in [-0.4, -0.2) is 37.5 Å². The Morgan fingerprint density at radius 3 is 2.45 bits per heavy atom. The summed E-state index contributed by atoms with van der Waals surface area (Å²) < 4.78 is 5.17. The summed E-state index contributed by atoms with van der Waals surface area (Å²) in [6.07, 6.45) is 3.89. The second kappa shape index (κ2) is 8.95. The molecule has 0 aliphatic heterocycles. The van der Waals surface area contributed by atoms with Crippen LogP contribution in [0.25, 0.3) is 0 Å². The van der Waals surface area contributed by atoms with Gasteiger partial charge in [-0.15, -0.1) is 0 Å². The van der Waals surface area contributed by atoms with Crippen molar-refractivity contribution in [2.24, 2.45) is 5.73 Å². The fourth-order valence-corrected chi connectivity index (χ4v) is 2.20. The number of methoxy groups -OCH3 is 1. The zero-order valence-electron chi connectivity index (χ0n) is 12.7. The van der Waals surface area contributed by atoms with Gasteiger partial charge in [-0.25, -0.2) is 0 Å². The predicted molar refractivity (Wildman–Crippen MR) is 83.1 cm³/mol. The predicted octanol–water partition coefficient (Wildman–Crippen LogP) is 1.71. The van der Waals surface area contributed by atoms with E-state index in [-0.39, 0.29) is 12.1 Å². The van der Waals surface area contributed by atoms with Crippen molar-refractivity contribution in [2.75, 3.05) is 26.8 Å². The molecule has 20 heavy (non-hydrogen) atoms. The molecule has 0 aliphatic rings. The molecule has 0 radical (unpaired) electrons. The number of rotatable bonds is 10. The van der Waals surface area contributed by atoms with Gasteiger partial charge in [0.2, 0.25) is 0 Å². The van der Waals surface area contributed by atoms with Crippen LogP contribution < -0.4 is 15.8 Å². The molecule has 4 nitrogen and oxygen atoms in total. The van der Waals surface area contributed by atoms with Crippen molar-refractivity contribution in [3.63, 3.8) is 0 Å². The minimum Gasteiger partial charge on any atom is -0.497 e. The first-order valence-corrected chi connectivity index (χ1v) is 7.32. The standard InChI is InChI=1S/C16H28N2O2/c1-16(13-17,18-10-4-3-5-11-19)12-14-6-8-15(20-2)9-7-14/h6-9,18-19H,3-5,10-13,17H2,1-2H3. The van der Waals surface area contributed by atoms with Crippen LogP contribution in [0.2, 0.25) is 0 Å². The van der Waals surface area contributed by atoms with Crippen LogP contribution in [0.15, 0.2) is 24.3 Å². The zero-order valence-corrected chi connectivity index (χ0v) is 12.7. The summed E-state index contributed by atoms with van der Waals surface area (Å²) >= 11 is 0. The van der Waals surface area contributed by atoms with Crippen molar-refractivity contribution < 1.29 is 9.84 Å². The molecule has 1 aromatic rings. The first-order valence-electron chi connectivity index (χ1n) is 7.32. The summed E-state index contributed by atoms with van der Waals surface area (Å²) in [7, 11) is 1.67. The Morgan fingerprint density at radius 1 is 1.20 bits per heavy atom. The lowest BCUT2D eigenvalue weighted by molar-refractivity contribution is 0.280.